The van der Waals surface area contributed by atoms with E-state index in [1.165, 1.54) is 18.2 Å². The topological polar surface area (TPSA) is 58.2 Å². The molecule has 0 bridgehead atoms. The second-order valence-corrected chi connectivity index (χ2v) is 6.40. The van der Waals surface area contributed by atoms with Gasteiger partial charge in [0, 0.05) is 16.4 Å². The first-order valence-corrected chi connectivity index (χ1v) is 7.93. The van der Waals surface area contributed by atoms with Crippen molar-refractivity contribution in [2.24, 2.45) is 5.41 Å². The van der Waals surface area contributed by atoms with Crippen LogP contribution in [0.1, 0.15) is 18.4 Å². The fraction of sp³-hybridized carbons (Fsp3) is 0.222. The highest BCUT2D eigenvalue weighted by Gasteiger charge is 2.56. The summed E-state index contributed by atoms with van der Waals surface area (Å²) in [6.45, 7) is 1.85. The summed E-state index contributed by atoms with van der Waals surface area (Å²) in [5, 5.41) is 5.89. The SMILES string of the molecule is Cc1ccc(Cl)cc1NC(=O)C1(C(=O)Nc2cccc(F)c2)CC1. The Morgan fingerprint density at radius 2 is 1.79 bits per heavy atom. The van der Waals surface area contributed by atoms with Crippen molar-refractivity contribution in [3.63, 3.8) is 0 Å². The number of anilines is 2. The van der Waals surface area contributed by atoms with Gasteiger partial charge in [-0.15, -0.1) is 0 Å². The molecular formula is C18H16ClFN2O2. The van der Waals surface area contributed by atoms with E-state index in [2.05, 4.69) is 10.6 Å². The summed E-state index contributed by atoms with van der Waals surface area (Å²) < 4.78 is 13.2. The Labute approximate surface area is 144 Å². The normalized spacial score (nSPS) is 14.8. The van der Waals surface area contributed by atoms with Crippen LogP contribution in [0.4, 0.5) is 15.8 Å². The van der Waals surface area contributed by atoms with Crippen LogP contribution in [-0.2, 0) is 9.59 Å². The quantitative estimate of drug-likeness (QED) is 0.817. The average Bonchev–Trinajstić information content (AvgIpc) is 3.33. The first-order valence-electron chi connectivity index (χ1n) is 7.55. The Kier molecular flexibility index (Phi) is 4.28. The van der Waals surface area contributed by atoms with Gasteiger partial charge >= 0.3 is 0 Å². The number of benzene rings is 2. The summed E-state index contributed by atoms with van der Waals surface area (Å²) in [7, 11) is 0. The molecular weight excluding hydrogens is 331 g/mol. The molecule has 2 aromatic carbocycles. The number of rotatable bonds is 4. The van der Waals surface area contributed by atoms with Gasteiger partial charge in [-0.05, 0) is 55.7 Å². The van der Waals surface area contributed by atoms with Gasteiger partial charge in [0.1, 0.15) is 11.2 Å². The summed E-state index contributed by atoms with van der Waals surface area (Å²) in [5.41, 5.74) is 0.658. The van der Waals surface area contributed by atoms with Gasteiger partial charge in [-0.2, -0.15) is 0 Å². The number of amides is 2. The lowest BCUT2D eigenvalue weighted by atomic mass is 10.0. The summed E-state index contributed by atoms with van der Waals surface area (Å²) in [6.07, 6.45) is 0.916. The Bertz CT molecular complexity index is 818. The minimum absolute atomic E-state index is 0.331. The predicted molar refractivity (Wildman–Crippen MR) is 91.5 cm³/mol. The van der Waals surface area contributed by atoms with E-state index in [1.54, 1.807) is 24.3 Å². The number of carbonyl (C=O) groups is 2. The maximum absolute atomic E-state index is 13.2. The summed E-state index contributed by atoms with van der Waals surface area (Å²) in [4.78, 5) is 25.0. The van der Waals surface area contributed by atoms with Crippen LogP contribution >= 0.6 is 11.6 Å². The fourth-order valence-corrected chi connectivity index (χ4v) is 2.64. The summed E-state index contributed by atoms with van der Waals surface area (Å²) in [6, 6.07) is 10.8. The van der Waals surface area contributed by atoms with Gasteiger partial charge in [0.25, 0.3) is 0 Å². The molecule has 4 nitrogen and oxygen atoms in total. The van der Waals surface area contributed by atoms with Gasteiger partial charge in [-0.3, -0.25) is 9.59 Å². The van der Waals surface area contributed by atoms with E-state index >= 15 is 0 Å². The van der Waals surface area contributed by atoms with Gasteiger partial charge < -0.3 is 10.6 Å². The zero-order chi connectivity index (χ0) is 17.3. The Balaban J connectivity index is 1.74. The largest absolute Gasteiger partial charge is 0.325 e. The van der Waals surface area contributed by atoms with E-state index < -0.39 is 17.1 Å². The monoisotopic (exact) mass is 346 g/mol. The van der Waals surface area contributed by atoms with Gasteiger partial charge in [0.2, 0.25) is 11.8 Å². The van der Waals surface area contributed by atoms with E-state index in [9.17, 15) is 14.0 Å². The first kappa shape index (κ1) is 16.5. The van der Waals surface area contributed by atoms with Crippen molar-refractivity contribution in [2.45, 2.75) is 19.8 Å². The lowest BCUT2D eigenvalue weighted by Gasteiger charge is -2.16. The van der Waals surface area contributed by atoms with Crippen molar-refractivity contribution in [1.29, 1.82) is 0 Å². The highest BCUT2D eigenvalue weighted by atomic mass is 35.5. The Morgan fingerprint density at radius 1 is 1.08 bits per heavy atom. The maximum atomic E-state index is 13.2. The molecule has 2 amide bonds. The van der Waals surface area contributed by atoms with Gasteiger partial charge in [0.05, 0.1) is 0 Å². The second kappa shape index (κ2) is 6.24. The number of halogens is 2. The smallest absolute Gasteiger partial charge is 0.240 e. The predicted octanol–water partition coefficient (Wildman–Crippen LogP) is 4.14. The highest BCUT2D eigenvalue weighted by molar-refractivity contribution is 6.31. The lowest BCUT2D eigenvalue weighted by Crippen LogP contribution is -2.35. The third-order valence-corrected chi connectivity index (χ3v) is 4.38. The summed E-state index contributed by atoms with van der Waals surface area (Å²) in [5.74, 6) is -1.25. The molecule has 0 atom stereocenters. The van der Waals surface area contributed by atoms with Gasteiger partial charge in [-0.1, -0.05) is 23.7 Å². The van der Waals surface area contributed by atoms with Crippen molar-refractivity contribution in [3.8, 4) is 0 Å². The van der Waals surface area contributed by atoms with Crippen molar-refractivity contribution < 1.29 is 14.0 Å². The van der Waals surface area contributed by atoms with Crippen LogP contribution in [0.15, 0.2) is 42.5 Å². The van der Waals surface area contributed by atoms with Crippen molar-refractivity contribution in [1.82, 2.24) is 0 Å². The zero-order valence-corrected chi connectivity index (χ0v) is 13.8. The molecule has 6 heteroatoms. The molecule has 0 saturated heterocycles. The molecule has 0 aromatic heterocycles. The van der Waals surface area contributed by atoms with Crippen LogP contribution < -0.4 is 10.6 Å². The fourth-order valence-electron chi connectivity index (χ4n) is 2.47. The van der Waals surface area contributed by atoms with E-state index in [0.717, 1.165) is 5.56 Å². The molecule has 0 spiro atoms. The van der Waals surface area contributed by atoms with Crippen LogP contribution in [0.25, 0.3) is 0 Å². The third-order valence-electron chi connectivity index (χ3n) is 4.15. The van der Waals surface area contributed by atoms with Crippen LogP contribution in [0.3, 0.4) is 0 Å². The molecule has 0 unspecified atom stereocenters. The molecule has 0 aliphatic heterocycles. The third kappa shape index (κ3) is 3.26. The molecule has 1 aliphatic rings. The number of hydrogen-bond acceptors (Lipinski definition) is 2. The molecule has 1 saturated carbocycles. The molecule has 24 heavy (non-hydrogen) atoms. The van der Waals surface area contributed by atoms with Crippen molar-refractivity contribution >= 4 is 34.8 Å². The van der Waals surface area contributed by atoms with Crippen LogP contribution in [0, 0.1) is 18.2 Å². The van der Waals surface area contributed by atoms with Crippen LogP contribution in [-0.4, -0.2) is 11.8 Å². The average molecular weight is 347 g/mol. The maximum Gasteiger partial charge on any atom is 0.240 e. The molecule has 1 aliphatic carbocycles. The second-order valence-electron chi connectivity index (χ2n) is 5.96. The minimum Gasteiger partial charge on any atom is -0.325 e. The van der Waals surface area contributed by atoms with Crippen LogP contribution in [0.2, 0.25) is 5.02 Å². The number of nitrogens with one attached hydrogen (secondary N) is 2. The molecule has 2 aromatic rings. The summed E-state index contributed by atoms with van der Waals surface area (Å²) >= 11 is 5.95. The van der Waals surface area contributed by atoms with Crippen molar-refractivity contribution in [2.75, 3.05) is 10.6 Å². The molecule has 124 valence electrons. The Morgan fingerprint density at radius 3 is 2.46 bits per heavy atom. The number of carbonyl (C=O) groups excluding carboxylic acids is 2. The lowest BCUT2D eigenvalue weighted by molar-refractivity contribution is -0.131. The standard InChI is InChI=1S/C18H16ClFN2O2/c1-11-5-6-12(19)9-15(11)22-17(24)18(7-8-18)16(23)21-14-4-2-3-13(20)10-14/h2-6,9-10H,7-8H2,1H3,(H,21,23)(H,22,24). The minimum atomic E-state index is -1.11. The molecule has 3 rings (SSSR count). The molecule has 2 N–H and O–H groups in total. The number of aryl methyl sites for hydroxylation is 1. The van der Waals surface area contributed by atoms with E-state index in [-0.39, 0.29) is 5.91 Å². The molecule has 0 radical (unpaired) electrons. The van der Waals surface area contributed by atoms with Gasteiger partial charge in [-0.25, -0.2) is 4.39 Å². The molecule has 0 heterocycles. The Hall–Kier alpha value is -2.40. The van der Waals surface area contributed by atoms with E-state index in [0.29, 0.717) is 29.2 Å². The number of hydrogen-bond donors (Lipinski definition) is 2. The van der Waals surface area contributed by atoms with Gasteiger partial charge in [0.15, 0.2) is 0 Å². The molecule has 1 fully saturated rings. The first-order chi connectivity index (χ1) is 11.4. The van der Waals surface area contributed by atoms with Crippen molar-refractivity contribution in [3.05, 3.63) is 58.9 Å². The zero-order valence-electron chi connectivity index (χ0n) is 13.0. The van der Waals surface area contributed by atoms with E-state index in [4.69, 9.17) is 11.6 Å². The van der Waals surface area contributed by atoms with Crippen LogP contribution in [0.5, 0.6) is 0 Å². The highest BCUT2D eigenvalue weighted by Crippen LogP contribution is 2.47. The van der Waals surface area contributed by atoms with E-state index in [1.807, 2.05) is 6.92 Å².